The van der Waals surface area contributed by atoms with Crippen molar-refractivity contribution in [2.75, 3.05) is 13.2 Å². The molecule has 0 spiro atoms. The van der Waals surface area contributed by atoms with Gasteiger partial charge in [-0.25, -0.2) is 0 Å². The van der Waals surface area contributed by atoms with Gasteiger partial charge in [-0.15, -0.1) is 0 Å². The molecule has 2 atom stereocenters. The van der Waals surface area contributed by atoms with E-state index in [1.165, 1.54) is 0 Å². The monoisotopic (exact) mass is 367 g/mol. The second-order valence-electron chi connectivity index (χ2n) is 7.38. The lowest BCUT2D eigenvalue weighted by atomic mass is 9.97. The van der Waals surface area contributed by atoms with Crippen LogP contribution in [0.2, 0.25) is 0 Å². The van der Waals surface area contributed by atoms with E-state index >= 15 is 0 Å². The minimum atomic E-state index is -0.707. The van der Waals surface area contributed by atoms with Crippen molar-refractivity contribution in [1.82, 2.24) is 25.0 Å². The summed E-state index contributed by atoms with van der Waals surface area (Å²) in [5.74, 6) is -0.125. The average Bonchev–Trinajstić information content (AvgIpc) is 3.43. The summed E-state index contributed by atoms with van der Waals surface area (Å²) >= 11 is 0. The SMILES string of the molecule is O=C([C@H]1OCC(=O)N(C2CC2)[C@@H]1c1cccnc1)N1CCc2[nH]ncc2C1. The molecule has 0 bridgehead atoms. The maximum atomic E-state index is 13.4. The normalized spacial score (nSPS) is 25.4. The number of hydrogen-bond donors (Lipinski definition) is 1. The van der Waals surface area contributed by atoms with Crippen molar-refractivity contribution in [2.45, 2.75) is 44.0 Å². The molecule has 4 heterocycles. The van der Waals surface area contributed by atoms with Crippen LogP contribution in [0.5, 0.6) is 0 Å². The average molecular weight is 367 g/mol. The van der Waals surface area contributed by atoms with Crippen LogP contribution in [-0.2, 0) is 27.3 Å². The van der Waals surface area contributed by atoms with Crippen LogP contribution < -0.4 is 0 Å². The summed E-state index contributed by atoms with van der Waals surface area (Å²) in [7, 11) is 0. The van der Waals surface area contributed by atoms with E-state index in [1.807, 2.05) is 21.9 Å². The number of hydrogen-bond acceptors (Lipinski definition) is 5. The Balaban J connectivity index is 1.46. The highest BCUT2D eigenvalue weighted by atomic mass is 16.5. The molecule has 27 heavy (non-hydrogen) atoms. The number of fused-ring (bicyclic) bond motifs is 1. The van der Waals surface area contributed by atoms with Gasteiger partial charge in [0.2, 0.25) is 5.91 Å². The Kier molecular flexibility index (Phi) is 3.93. The quantitative estimate of drug-likeness (QED) is 0.867. The third-order valence-electron chi connectivity index (χ3n) is 5.58. The van der Waals surface area contributed by atoms with Crippen LogP contribution in [0, 0.1) is 0 Å². The van der Waals surface area contributed by atoms with Crippen LogP contribution in [0.15, 0.2) is 30.7 Å². The molecule has 8 heteroatoms. The Bertz CT molecular complexity index is 863. The first-order valence-corrected chi connectivity index (χ1v) is 9.35. The molecule has 2 fully saturated rings. The number of carbonyl (C=O) groups is 2. The Morgan fingerprint density at radius 1 is 1.30 bits per heavy atom. The first kappa shape index (κ1) is 16.4. The molecule has 0 unspecified atom stereocenters. The largest absolute Gasteiger partial charge is 0.356 e. The van der Waals surface area contributed by atoms with Crippen molar-refractivity contribution in [3.05, 3.63) is 47.5 Å². The van der Waals surface area contributed by atoms with Crippen LogP contribution in [0.3, 0.4) is 0 Å². The van der Waals surface area contributed by atoms with Gasteiger partial charge in [0.15, 0.2) is 6.10 Å². The summed E-state index contributed by atoms with van der Waals surface area (Å²) in [5.41, 5.74) is 2.97. The minimum Gasteiger partial charge on any atom is -0.356 e. The molecular formula is C19H21N5O3. The number of morpholine rings is 1. The molecule has 1 saturated heterocycles. The van der Waals surface area contributed by atoms with Crippen LogP contribution in [0.1, 0.15) is 35.7 Å². The molecule has 1 saturated carbocycles. The fourth-order valence-electron chi connectivity index (χ4n) is 4.09. The standard InChI is InChI=1S/C19H21N5O3/c25-16-11-27-18(19(26)23-7-5-15-13(10-23)9-21-22-15)17(24(16)14-3-4-14)12-2-1-6-20-8-12/h1-2,6,8-9,14,17-18H,3-5,7,10-11H2,(H,21,22)/t17-,18+/m1/s1. The molecule has 1 aliphatic carbocycles. The molecule has 1 N–H and O–H groups in total. The van der Waals surface area contributed by atoms with Gasteiger partial charge in [-0.3, -0.25) is 19.7 Å². The molecule has 140 valence electrons. The Morgan fingerprint density at radius 3 is 2.96 bits per heavy atom. The van der Waals surface area contributed by atoms with E-state index in [0.717, 1.165) is 36.1 Å². The van der Waals surface area contributed by atoms with Crippen LogP contribution in [-0.4, -0.2) is 62.1 Å². The zero-order chi connectivity index (χ0) is 18.4. The van der Waals surface area contributed by atoms with Crippen molar-refractivity contribution in [3.63, 3.8) is 0 Å². The molecule has 0 aromatic carbocycles. The van der Waals surface area contributed by atoms with Crippen molar-refractivity contribution in [1.29, 1.82) is 0 Å². The number of nitrogens with zero attached hydrogens (tertiary/aromatic N) is 4. The highest BCUT2D eigenvalue weighted by molar-refractivity contribution is 5.87. The molecule has 2 aromatic rings. The molecule has 2 amide bonds. The molecule has 5 rings (SSSR count). The van der Waals surface area contributed by atoms with Crippen LogP contribution in [0.4, 0.5) is 0 Å². The lowest BCUT2D eigenvalue weighted by molar-refractivity contribution is -0.170. The van der Waals surface area contributed by atoms with E-state index in [2.05, 4.69) is 15.2 Å². The second-order valence-corrected chi connectivity index (χ2v) is 7.38. The summed E-state index contributed by atoms with van der Waals surface area (Å²) in [6.45, 7) is 1.08. The van der Waals surface area contributed by atoms with Gasteiger partial charge in [0.1, 0.15) is 6.61 Å². The number of ether oxygens (including phenoxy) is 1. The topological polar surface area (TPSA) is 91.4 Å². The van der Waals surface area contributed by atoms with E-state index in [9.17, 15) is 9.59 Å². The number of pyridine rings is 1. The van der Waals surface area contributed by atoms with Gasteiger partial charge in [-0.2, -0.15) is 5.10 Å². The predicted octanol–water partition coefficient (Wildman–Crippen LogP) is 0.820. The highest BCUT2D eigenvalue weighted by Crippen LogP contribution is 2.40. The smallest absolute Gasteiger partial charge is 0.254 e. The summed E-state index contributed by atoms with van der Waals surface area (Å²) in [6.07, 6.45) is 7.19. The van der Waals surface area contributed by atoms with Crippen molar-refractivity contribution in [3.8, 4) is 0 Å². The fourth-order valence-corrected chi connectivity index (χ4v) is 4.09. The number of H-pyrrole nitrogens is 1. The Labute approximate surface area is 156 Å². The van der Waals surface area contributed by atoms with Crippen molar-refractivity contribution >= 4 is 11.8 Å². The minimum absolute atomic E-state index is 0.0472. The maximum Gasteiger partial charge on any atom is 0.254 e. The predicted molar refractivity (Wildman–Crippen MR) is 94.3 cm³/mol. The van der Waals surface area contributed by atoms with Gasteiger partial charge in [-0.1, -0.05) is 6.07 Å². The second kappa shape index (κ2) is 6.45. The van der Waals surface area contributed by atoms with Gasteiger partial charge in [-0.05, 0) is 24.5 Å². The van der Waals surface area contributed by atoms with Gasteiger partial charge in [0.25, 0.3) is 5.91 Å². The fraction of sp³-hybridized carbons (Fsp3) is 0.474. The zero-order valence-corrected chi connectivity index (χ0v) is 14.9. The zero-order valence-electron chi connectivity index (χ0n) is 14.9. The third-order valence-corrected chi connectivity index (χ3v) is 5.58. The summed E-state index contributed by atoms with van der Waals surface area (Å²) in [4.78, 5) is 33.8. The first-order chi connectivity index (χ1) is 13.2. The number of aromatic amines is 1. The number of nitrogens with one attached hydrogen (secondary N) is 1. The summed E-state index contributed by atoms with van der Waals surface area (Å²) in [5, 5.41) is 7.06. The van der Waals surface area contributed by atoms with Crippen LogP contribution >= 0.6 is 0 Å². The summed E-state index contributed by atoms with van der Waals surface area (Å²) < 4.78 is 5.82. The maximum absolute atomic E-state index is 13.4. The third kappa shape index (κ3) is 2.90. The number of amides is 2. The first-order valence-electron chi connectivity index (χ1n) is 9.35. The molecular weight excluding hydrogens is 346 g/mol. The molecule has 2 aliphatic heterocycles. The van der Waals surface area contributed by atoms with E-state index in [1.54, 1.807) is 18.6 Å². The lowest BCUT2D eigenvalue weighted by Crippen LogP contribution is -2.56. The number of rotatable bonds is 3. The number of aromatic nitrogens is 3. The molecule has 2 aromatic heterocycles. The van der Waals surface area contributed by atoms with Crippen molar-refractivity contribution < 1.29 is 14.3 Å². The van der Waals surface area contributed by atoms with E-state index < -0.39 is 12.1 Å². The summed E-state index contributed by atoms with van der Waals surface area (Å²) in [6, 6.07) is 3.52. The van der Waals surface area contributed by atoms with E-state index in [0.29, 0.717) is 13.1 Å². The highest BCUT2D eigenvalue weighted by Gasteiger charge is 2.48. The van der Waals surface area contributed by atoms with Gasteiger partial charge < -0.3 is 14.5 Å². The van der Waals surface area contributed by atoms with Gasteiger partial charge in [0.05, 0.1) is 12.2 Å². The van der Waals surface area contributed by atoms with E-state index in [4.69, 9.17) is 4.74 Å². The molecule has 3 aliphatic rings. The van der Waals surface area contributed by atoms with Gasteiger partial charge >= 0.3 is 0 Å². The Morgan fingerprint density at radius 2 is 2.19 bits per heavy atom. The van der Waals surface area contributed by atoms with Gasteiger partial charge in [0, 0.05) is 49.2 Å². The van der Waals surface area contributed by atoms with E-state index in [-0.39, 0.29) is 24.5 Å². The van der Waals surface area contributed by atoms with Crippen LogP contribution in [0.25, 0.3) is 0 Å². The molecule has 8 nitrogen and oxygen atoms in total. The van der Waals surface area contributed by atoms with Crippen molar-refractivity contribution in [2.24, 2.45) is 0 Å². The Hall–Kier alpha value is -2.74. The molecule has 0 radical (unpaired) electrons. The number of carbonyl (C=O) groups excluding carboxylic acids is 2. The lowest BCUT2D eigenvalue weighted by Gasteiger charge is -2.42.